The van der Waals surface area contributed by atoms with Crippen LogP contribution in [0.25, 0.3) is 0 Å². The Hall–Kier alpha value is -2.80. The van der Waals surface area contributed by atoms with Gasteiger partial charge in [0.2, 0.25) is 0 Å². The molecule has 0 aromatic heterocycles. The molecule has 0 saturated carbocycles. The highest BCUT2D eigenvalue weighted by Gasteiger charge is 2.41. The summed E-state index contributed by atoms with van der Waals surface area (Å²) in [5.74, 6) is 0.643. The molecule has 7 heteroatoms. The van der Waals surface area contributed by atoms with E-state index in [1.807, 2.05) is 6.07 Å². The molecule has 2 aliphatic heterocycles. The van der Waals surface area contributed by atoms with Crippen molar-refractivity contribution in [2.75, 3.05) is 12.4 Å². The number of rotatable bonds is 6. The van der Waals surface area contributed by atoms with Gasteiger partial charge in [-0.1, -0.05) is 12.1 Å². The first-order valence-electron chi connectivity index (χ1n) is 9.39. The van der Waals surface area contributed by atoms with E-state index in [-0.39, 0.29) is 36.7 Å². The number of urea groups is 1. The highest BCUT2D eigenvalue weighted by molar-refractivity contribution is 5.91. The van der Waals surface area contributed by atoms with Gasteiger partial charge in [0.05, 0.1) is 31.0 Å². The van der Waals surface area contributed by atoms with Crippen molar-refractivity contribution in [1.29, 1.82) is 0 Å². The molecule has 0 aliphatic carbocycles. The summed E-state index contributed by atoms with van der Waals surface area (Å²) in [4.78, 5) is 12.4. The Morgan fingerprint density at radius 2 is 2.14 bits per heavy atom. The highest BCUT2D eigenvalue weighted by atomic mass is 19.1. The molecular weight excluding hydrogens is 363 g/mol. The van der Waals surface area contributed by atoms with Crippen molar-refractivity contribution in [1.82, 2.24) is 5.32 Å². The zero-order valence-corrected chi connectivity index (χ0v) is 15.6. The number of nitrogens with one attached hydrogen (secondary N) is 2. The lowest BCUT2D eigenvalue weighted by molar-refractivity contribution is 0.0984. The van der Waals surface area contributed by atoms with E-state index in [1.165, 1.54) is 12.1 Å². The smallest absolute Gasteiger partial charge is 0.319 e. The second-order valence-corrected chi connectivity index (χ2v) is 7.10. The van der Waals surface area contributed by atoms with Crippen molar-refractivity contribution in [2.24, 2.45) is 0 Å². The average molecular weight is 386 g/mol. The van der Waals surface area contributed by atoms with Gasteiger partial charge in [-0.2, -0.15) is 0 Å². The van der Waals surface area contributed by atoms with Gasteiger partial charge in [0.15, 0.2) is 0 Å². The average Bonchev–Trinajstić information content (AvgIpc) is 3.29. The standard InChI is InChI=1S/C21H23FN2O4/c1-26-19-7-5-13(12-27-15-4-2-3-14(22)10-15)9-17(19)23-21(25)24-18-11-16-6-8-20(18)28-16/h2-5,7,9-10,16,18,20H,6,8,11-12H2,1H3,(H2,23,24,25)/t16-,18-,20+/m1/s1. The van der Waals surface area contributed by atoms with Crippen molar-refractivity contribution in [2.45, 2.75) is 44.1 Å². The largest absolute Gasteiger partial charge is 0.495 e. The maximum Gasteiger partial charge on any atom is 0.319 e. The molecule has 3 atom stereocenters. The Kier molecular flexibility index (Phi) is 5.34. The second kappa shape index (κ2) is 8.06. The van der Waals surface area contributed by atoms with E-state index >= 15 is 0 Å². The third kappa shape index (κ3) is 4.20. The molecule has 2 amide bonds. The predicted octanol–water partition coefficient (Wildman–Crippen LogP) is 3.85. The fourth-order valence-electron chi connectivity index (χ4n) is 3.78. The molecule has 2 aromatic carbocycles. The SMILES string of the molecule is COc1ccc(COc2cccc(F)c2)cc1NC(=O)N[C@@H]1C[C@H]2CC[C@@H]1O2. The zero-order chi connectivity index (χ0) is 19.5. The van der Waals surface area contributed by atoms with Gasteiger partial charge in [-0.3, -0.25) is 0 Å². The van der Waals surface area contributed by atoms with Crippen LogP contribution in [0.1, 0.15) is 24.8 Å². The summed E-state index contributed by atoms with van der Waals surface area (Å²) in [6, 6.07) is 11.1. The van der Waals surface area contributed by atoms with Crippen LogP contribution < -0.4 is 20.1 Å². The maximum absolute atomic E-state index is 13.3. The molecule has 28 heavy (non-hydrogen) atoms. The number of benzene rings is 2. The van der Waals surface area contributed by atoms with Crippen LogP contribution in [0.5, 0.6) is 11.5 Å². The molecular formula is C21H23FN2O4. The molecule has 2 saturated heterocycles. The van der Waals surface area contributed by atoms with Crippen molar-refractivity contribution in [3.05, 3.63) is 53.8 Å². The van der Waals surface area contributed by atoms with Gasteiger partial charge in [-0.15, -0.1) is 0 Å². The minimum Gasteiger partial charge on any atom is -0.495 e. The van der Waals surface area contributed by atoms with Gasteiger partial charge in [0.1, 0.15) is 23.9 Å². The van der Waals surface area contributed by atoms with Crippen molar-refractivity contribution >= 4 is 11.7 Å². The van der Waals surface area contributed by atoms with Crippen LogP contribution in [0.2, 0.25) is 0 Å². The molecule has 2 aromatic rings. The number of fused-ring (bicyclic) bond motifs is 2. The number of ether oxygens (including phenoxy) is 3. The van der Waals surface area contributed by atoms with Gasteiger partial charge in [-0.05, 0) is 49.1 Å². The molecule has 2 fully saturated rings. The monoisotopic (exact) mass is 386 g/mol. The third-order valence-electron chi connectivity index (χ3n) is 5.14. The lowest BCUT2D eigenvalue weighted by Crippen LogP contribution is -2.43. The number of anilines is 1. The molecule has 0 radical (unpaired) electrons. The summed E-state index contributed by atoms with van der Waals surface area (Å²) in [5.41, 5.74) is 1.37. The van der Waals surface area contributed by atoms with Crippen LogP contribution in [0.3, 0.4) is 0 Å². The Bertz CT molecular complexity index is 860. The maximum atomic E-state index is 13.3. The summed E-state index contributed by atoms with van der Waals surface area (Å²) < 4.78 is 30.0. The first kappa shape index (κ1) is 18.6. The lowest BCUT2D eigenvalue weighted by Gasteiger charge is -2.21. The van der Waals surface area contributed by atoms with Crippen LogP contribution in [0, 0.1) is 5.82 Å². The second-order valence-electron chi connectivity index (χ2n) is 7.10. The first-order valence-corrected chi connectivity index (χ1v) is 9.39. The quantitative estimate of drug-likeness (QED) is 0.791. The first-order chi connectivity index (χ1) is 13.6. The number of hydrogen-bond acceptors (Lipinski definition) is 4. The Morgan fingerprint density at radius 1 is 1.25 bits per heavy atom. The number of methoxy groups -OCH3 is 1. The van der Waals surface area contributed by atoms with E-state index in [0.717, 1.165) is 24.8 Å². The van der Waals surface area contributed by atoms with Gasteiger partial charge in [0.25, 0.3) is 0 Å². The minimum atomic E-state index is -0.351. The summed E-state index contributed by atoms with van der Waals surface area (Å²) in [6.07, 6.45) is 3.31. The molecule has 4 rings (SSSR count). The molecule has 0 unspecified atom stereocenters. The zero-order valence-electron chi connectivity index (χ0n) is 15.6. The number of carbonyl (C=O) groups excluding carboxylic acids is 1. The number of halogens is 1. The van der Waals surface area contributed by atoms with Crippen LogP contribution in [0.15, 0.2) is 42.5 Å². The summed E-state index contributed by atoms with van der Waals surface area (Å²) in [5, 5.41) is 5.84. The van der Waals surface area contributed by atoms with E-state index in [2.05, 4.69) is 10.6 Å². The van der Waals surface area contributed by atoms with E-state index in [1.54, 1.807) is 31.4 Å². The summed E-state index contributed by atoms with van der Waals surface area (Å²) >= 11 is 0. The molecule has 2 bridgehead atoms. The van der Waals surface area contributed by atoms with Crippen molar-refractivity contribution < 1.29 is 23.4 Å². The molecule has 2 heterocycles. The number of carbonyl (C=O) groups is 1. The molecule has 0 spiro atoms. The predicted molar refractivity (Wildman–Crippen MR) is 102 cm³/mol. The summed E-state index contributed by atoms with van der Waals surface area (Å²) in [6.45, 7) is 0.240. The van der Waals surface area contributed by atoms with Gasteiger partial charge < -0.3 is 24.8 Å². The number of hydrogen-bond donors (Lipinski definition) is 2. The topological polar surface area (TPSA) is 68.8 Å². The van der Waals surface area contributed by atoms with Gasteiger partial charge >= 0.3 is 6.03 Å². The van der Waals surface area contributed by atoms with Crippen molar-refractivity contribution in [3.63, 3.8) is 0 Å². The number of amides is 2. The highest BCUT2D eigenvalue weighted by Crippen LogP contribution is 2.34. The molecule has 6 nitrogen and oxygen atoms in total. The van der Waals surface area contributed by atoms with Crippen LogP contribution >= 0.6 is 0 Å². The lowest BCUT2D eigenvalue weighted by atomic mass is 9.96. The van der Waals surface area contributed by atoms with Gasteiger partial charge in [0, 0.05) is 6.07 Å². The Labute approximate surface area is 163 Å². The molecule has 2 aliphatic rings. The fourth-order valence-corrected chi connectivity index (χ4v) is 3.78. The van der Waals surface area contributed by atoms with Crippen LogP contribution in [-0.4, -0.2) is 31.4 Å². The van der Waals surface area contributed by atoms with Crippen LogP contribution in [0.4, 0.5) is 14.9 Å². The summed E-state index contributed by atoms with van der Waals surface area (Å²) in [7, 11) is 1.55. The Morgan fingerprint density at radius 3 is 2.86 bits per heavy atom. The van der Waals surface area contributed by atoms with Gasteiger partial charge in [-0.25, -0.2) is 9.18 Å². The van der Waals surface area contributed by atoms with E-state index in [0.29, 0.717) is 17.2 Å². The molecule has 148 valence electrons. The fraction of sp³-hybridized carbons (Fsp3) is 0.381. The van der Waals surface area contributed by atoms with E-state index < -0.39 is 0 Å². The normalized spacial score (nSPS) is 22.7. The van der Waals surface area contributed by atoms with Crippen LogP contribution in [-0.2, 0) is 11.3 Å². The minimum absolute atomic E-state index is 0.0456. The Balaban J connectivity index is 1.39. The van der Waals surface area contributed by atoms with E-state index in [9.17, 15) is 9.18 Å². The molecule has 2 N–H and O–H groups in total. The van der Waals surface area contributed by atoms with E-state index in [4.69, 9.17) is 14.2 Å². The van der Waals surface area contributed by atoms with Crippen molar-refractivity contribution in [3.8, 4) is 11.5 Å². The third-order valence-corrected chi connectivity index (χ3v) is 5.14.